The zero-order valence-electron chi connectivity index (χ0n) is 15.2. The third-order valence-electron chi connectivity index (χ3n) is 5.17. The summed E-state index contributed by atoms with van der Waals surface area (Å²) in [7, 11) is 1.90. The minimum atomic E-state index is -0.0325. The van der Waals surface area contributed by atoms with Gasteiger partial charge in [0.1, 0.15) is 0 Å². The highest BCUT2D eigenvalue weighted by molar-refractivity contribution is 5.87. The quantitative estimate of drug-likeness (QED) is 0.708. The van der Waals surface area contributed by atoms with E-state index in [1.165, 1.54) is 12.8 Å². The van der Waals surface area contributed by atoms with Gasteiger partial charge in [-0.05, 0) is 45.0 Å². The Balaban J connectivity index is 1.57. The van der Waals surface area contributed by atoms with Gasteiger partial charge in [-0.25, -0.2) is 0 Å². The average molecular weight is 349 g/mol. The maximum absolute atomic E-state index is 12.6. The topological polar surface area (TPSA) is 63.9 Å². The van der Waals surface area contributed by atoms with E-state index in [2.05, 4.69) is 26.0 Å². The summed E-state index contributed by atoms with van der Waals surface area (Å²) in [6.07, 6.45) is 10.1. The summed E-state index contributed by atoms with van der Waals surface area (Å²) in [6, 6.07) is 4.03. The molecule has 6 heteroatoms. The summed E-state index contributed by atoms with van der Waals surface area (Å²) in [4.78, 5) is 23.8. The Bertz CT molecular complexity index is 942. The molecule has 1 atom stereocenters. The maximum Gasteiger partial charge on any atom is 0.155 e. The number of nitrogens with zero attached hydrogens (tertiary/aromatic N) is 5. The number of hydrogen-bond acceptors (Lipinski definition) is 5. The highest BCUT2D eigenvalue weighted by Gasteiger charge is 2.24. The molecule has 134 valence electrons. The molecular formula is C20H23N5O. The number of hydrogen-bond donors (Lipinski definition) is 0. The Morgan fingerprint density at radius 2 is 1.92 bits per heavy atom. The summed E-state index contributed by atoms with van der Waals surface area (Å²) in [5, 5.41) is 5.21. The van der Waals surface area contributed by atoms with E-state index in [0.29, 0.717) is 6.42 Å². The Labute approximate surface area is 152 Å². The summed E-state index contributed by atoms with van der Waals surface area (Å²) >= 11 is 0. The molecule has 3 aromatic rings. The van der Waals surface area contributed by atoms with Crippen LogP contribution in [0.2, 0.25) is 0 Å². The molecule has 0 aliphatic carbocycles. The van der Waals surface area contributed by atoms with Gasteiger partial charge in [0.15, 0.2) is 5.78 Å². The lowest BCUT2D eigenvalue weighted by molar-refractivity contribution is -0.122. The van der Waals surface area contributed by atoms with E-state index in [9.17, 15) is 4.79 Å². The van der Waals surface area contributed by atoms with Gasteiger partial charge in [-0.2, -0.15) is 5.10 Å². The van der Waals surface area contributed by atoms with Crippen LogP contribution in [0.4, 0.5) is 0 Å². The Kier molecular flexibility index (Phi) is 4.51. The first-order chi connectivity index (χ1) is 12.6. The fourth-order valence-electron chi connectivity index (χ4n) is 3.56. The molecule has 0 bridgehead atoms. The van der Waals surface area contributed by atoms with Crippen molar-refractivity contribution in [3.05, 3.63) is 42.6 Å². The second-order valence-corrected chi connectivity index (χ2v) is 7.06. The number of Topliss-reactive ketones (excluding diaryl/α,β-unsaturated/α-hetero) is 1. The van der Waals surface area contributed by atoms with E-state index in [4.69, 9.17) is 0 Å². The first kappa shape index (κ1) is 16.8. The van der Waals surface area contributed by atoms with Gasteiger partial charge < -0.3 is 0 Å². The summed E-state index contributed by atoms with van der Waals surface area (Å²) in [5.41, 5.74) is 3.68. The second-order valence-electron chi connectivity index (χ2n) is 7.06. The molecule has 4 rings (SSSR count). The molecule has 1 aliphatic rings. The SMILES string of the molecule is C[C@@H](C(=O)Cc1cc2cc(-c3cnn(C)c3)cnc2cn1)N1CCCC1. The molecule has 0 aromatic carbocycles. The molecule has 0 amide bonds. The largest absolute Gasteiger partial charge is 0.298 e. The van der Waals surface area contributed by atoms with E-state index >= 15 is 0 Å². The van der Waals surface area contributed by atoms with Crippen molar-refractivity contribution in [2.45, 2.75) is 32.2 Å². The fraction of sp³-hybridized carbons (Fsp3) is 0.400. The lowest BCUT2D eigenvalue weighted by Crippen LogP contribution is -2.37. The van der Waals surface area contributed by atoms with Crippen LogP contribution in [0.1, 0.15) is 25.5 Å². The van der Waals surface area contributed by atoms with E-state index < -0.39 is 0 Å². The van der Waals surface area contributed by atoms with Crippen LogP contribution in [0.25, 0.3) is 22.0 Å². The molecule has 0 saturated carbocycles. The minimum absolute atomic E-state index is 0.0325. The number of pyridine rings is 2. The molecule has 0 N–H and O–H groups in total. The second kappa shape index (κ2) is 6.96. The van der Waals surface area contributed by atoms with Gasteiger partial charge in [0, 0.05) is 41.6 Å². The molecule has 26 heavy (non-hydrogen) atoms. The van der Waals surface area contributed by atoms with Crippen LogP contribution in [-0.2, 0) is 18.3 Å². The van der Waals surface area contributed by atoms with E-state index in [-0.39, 0.29) is 11.8 Å². The smallest absolute Gasteiger partial charge is 0.155 e. The first-order valence-corrected chi connectivity index (χ1v) is 9.10. The van der Waals surface area contributed by atoms with Crippen molar-refractivity contribution in [1.29, 1.82) is 0 Å². The van der Waals surface area contributed by atoms with E-state index in [1.807, 2.05) is 38.6 Å². The summed E-state index contributed by atoms with van der Waals surface area (Å²) < 4.78 is 1.77. The van der Waals surface area contributed by atoms with Crippen molar-refractivity contribution in [2.24, 2.45) is 7.05 Å². The molecule has 0 unspecified atom stereocenters. The van der Waals surface area contributed by atoms with Gasteiger partial charge >= 0.3 is 0 Å². The average Bonchev–Trinajstić information content (AvgIpc) is 3.32. The number of rotatable bonds is 5. The Hall–Kier alpha value is -2.60. The van der Waals surface area contributed by atoms with Crippen LogP contribution in [0, 0.1) is 0 Å². The molecule has 1 saturated heterocycles. The Morgan fingerprint density at radius 1 is 1.12 bits per heavy atom. The van der Waals surface area contributed by atoms with Gasteiger partial charge in [-0.1, -0.05) is 0 Å². The first-order valence-electron chi connectivity index (χ1n) is 9.10. The van der Waals surface area contributed by atoms with Crippen LogP contribution in [0.3, 0.4) is 0 Å². The molecule has 4 heterocycles. The monoisotopic (exact) mass is 349 g/mol. The number of fused-ring (bicyclic) bond motifs is 1. The van der Waals surface area contributed by atoms with Crippen LogP contribution in [0.5, 0.6) is 0 Å². The predicted molar refractivity (Wildman–Crippen MR) is 101 cm³/mol. The highest BCUT2D eigenvalue weighted by atomic mass is 16.1. The van der Waals surface area contributed by atoms with Crippen molar-refractivity contribution < 1.29 is 4.79 Å². The number of carbonyl (C=O) groups is 1. The maximum atomic E-state index is 12.6. The number of aromatic nitrogens is 4. The van der Waals surface area contributed by atoms with Gasteiger partial charge in [-0.3, -0.25) is 24.3 Å². The standard InChI is InChI=1S/C20H23N5O/c1-14(25-5-3-4-6-25)20(26)9-18-8-15-7-16(10-22-19(15)12-21-18)17-11-23-24(2)13-17/h7-8,10-14H,3-6,9H2,1-2H3/t14-/m0/s1. The third kappa shape index (κ3) is 3.37. The van der Waals surface area contributed by atoms with Gasteiger partial charge in [0.2, 0.25) is 0 Å². The van der Waals surface area contributed by atoms with Crippen molar-refractivity contribution in [3.8, 4) is 11.1 Å². The molecule has 0 spiro atoms. The van der Waals surface area contributed by atoms with Crippen LogP contribution >= 0.6 is 0 Å². The van der Waals surface area contributed by atoms with Crippen LogP contribution in [0.15, 0.2) is 36.9 Å². The molecular weight excluding hydrogens is 326 g/mol. The zero-order valence-corrected chi connectivity index (χ0v) is 15.2. The predicted octanol–water partition coefficient (Wildman–Crippen LogP) is 2.63. The normalized spacial score (nSPS) is 16.2. The van der Waals surface area contributed by atoms with Crippen molar-refractivity contribution in [2.75, 3.05) is 13.1 Å². The van der Waals surface area contributed by atoms with E-state index in [1.54, 1.807) is 10.9 Å². The van der Waals surface area contributed by atoms with Crippen molar-refractivity contribution in [3.63, 3.8) is 0 Å². The van der Waals surface area contributed by atoms with Gasteiger partial charge in [-0.15, -0.1) is 0 Å². The molecule has 0 radical (unpaired) electrons. The van der Waals surface area contributed by atoms with Crippen LogP contribution < -0.4 is 0 Å². The molecule has 1 aliphatic heterocycles. The van der Waals surface area contributed by atoms with Gasteiger partial charge in [0.25, 0.3) is 0 Å². The number of likely N-dealkylation sites (tertiary alicyclic amines) is 1. The van der Waals surface area contributed by atoms with Crippen molar-refractivity contribution >= 4 is 16.7 Å². The van der Waals surface area contributed by atoms with E-state index in [0.717, 1.165) is 40.8 Å². The third-order valence-corrected chi connectivity index (χ3v) is 5.17. The van der Waals surface area contributed by atoms with Crippen LogP contribution in [-0.4, -0.2) is 49.6 Å². The zero-order chi connectivity index (χ0) is 18.1. The lowest BCUT2D eigenvalue weighted by atomic mass is 10.1. The summed E-state index contributed by atoms with van der Waals surface area (Å²) in [5.74, 6) is 0.232. The Morgan fingerprint density at radius 3 is 2.65 bits per heavy atom. The molecule has 6 nitrogen and oxygen atoms in total. The van der Waals surface area contributed by atoms with Crippen molar-refractivity contribution in [1.82, 2.24) is 24.6 Å². The minimum Gasteiger partial charge on any atom is -0.298 e. The molecule has 3 aromatic heterocycles. The highest BCUT2D eigenvalue weighted by Crippen LogP contribution is 2.22. The molecule has 1 fully saturated rings. The fourth-order valence-corrected chi connectivity index (χ4v) is 3.56. The van der Waals surface area contributed by atoms with Gasteiger partial charge in [0.05, 0.1) is 30.4 Å². The number of aryl methyl sites for hydroxylation is 1. The summed E-state index contributed by atoms with van der Waals surface area (Å²) in [6.45, 7) is 4.06. The number of ketones is 1. The number of carbonyl (C=O) groups excluding carboxylic acids is 1. The lowest BCUT2D eigenvalue weighted by Gasteiger charge is -2.22.